The smallest absolute Gasteiger partial charge is 0.0746 e. The highest BCUT2D eigenvalue weighted by atomic mass is 79.9. The molecular formula is C13H14Br3N3. The van der Waals surface area contributed by atoms with E-state index in [1.165, 1.54) is 0 Å². The zero-order valence-corrected chi connectivity index (χ0v) is 15.2. The fourth-order valence-electron chi connectivity index (χ4n) is 1.97. The first kappa shape index (κ1) is 15.2. The third kappa shape index (κ3) is 3.29. The first-order chi connectivity index (χ1) is 9.04. The van der Waals surface area contributed by atoms with Gasteiger partial charge in [0.2, 0.25) is 0 Å². The summed E-state index contributed by atoms with van der Waals surface area (Å²) in [6, 6.07) is 5.78. The number of hydrogen-bond donors (Lipinski definition) is 1. The maximum absolute atomic E-state index is 6.42. The van der Waals surface area contributed by atoms with E-state index < -0.39 is 0 Å². The number of nitrogens with zero attached hydrogens (tertiary/aromatic N) is 2. The van der Waals surface area contributed by atoms with Gasteiger partial charge >= 0.3 is 0 Å². The van der Waals surface area contributed by atoms with Crippen LogP contribution in [0.2, 0.25) is 0 Å². The van der Waals surface area contributed by atoms with Crippen LogP contribution in [-0.2, 0) is 6.54 Å². The standard InChI is InChI=1S/C13H14Br3N3/c1-2-5-19-13(11(16)7-18-19)12(17)9-6-8(14)3-4-10(9)15/h3-4,6-7,12H,2,5,17H2,1H3. The molecule has 2 N–H and O–H groups in total. The van der Waals surface area contributed by atoms with Gasteiger partial charge in [0.05, 0.1) is 22.4 Å². The Kier molecular flexibility index (Phi) is 5.22. The van der Waals surface area contributed by atoms with Crippen LogP contribution < -0.4 is 5.73 Å². The van der Waals surface area contributed by atoms with Gasteiger partial charge in [0.15, 0.2) is 0 Å². The summed E-state index contributed by atoms with van der Waals surface area (Å²) >= 11 is 10.6. The molecule has 1 aromatic heterocycles. The fourth-order valence-corrected chi connectivity index (χ4v) is 3.39. The maximum Gasteiger partial charge on any atom is 0.0746 e. The Hall–Kier alpha value is -0.170. The molecular weight excluding hydrogens is 438 g/mol. The summed E-state index contributed by atoms with van der Waals surface area (Å²) in [5, 5.41) is 4.37. The van der Waals surface area contributed by atoms with Crippen LogP contribution in [0.15, 0.2) is 37.8 Å². The van der Waals surface area contributed by atoms with Gasteiger partial charge < -0.3 is 5.73 Å². The Morgan fingerprint density at radius 2 is 2.00 bits per heavy atom. The summed E-state index contributed by atoms with van der Waals surface area (Å²) in [6.45, 7) is 2.99. The van der Waals surface area contributed by atoms with Gasteiger partial charge in [0.25, 0.3) is 0 Å². The minimum absolute atomic E-state index is 0.227. The second-order valence-electron chi connectivity index (χ2n) is 4.24. The van der Waals surface area contributed by atoms with Crippen molar-refractivity contribution in [1.29, 1.82) is 0 Å². The Balaban J connectivity index is 2.46. The van der Waals surface area contributed by atoms with E-state index in [4.69, 9.17) is 5.73 Å². The van der Waals surface area contributed by atoms with E-state index in [9.17, 15) is 0 Å². The molecule has 0 aliphatic rings. The van der Waals surface area contributed by atoms with Crippen molar-refractivity contribution in [2.24, 2.45) is 5.73 Å². The fraction of sp³-hybridized carbons (Fsp3) is 0.308. The molecule has 1 unspecified atom stereocenters. The zero-order chi connectivity index (χ0) is 14.0. The lowest BCUT2D eigenvalue weighted by Crippen LogP contribution is -2.18. The van der Waals surface area contributed by atoms with E-state index in [1.807, 2.05) is 22.9 Å². The van der Waals surface area contributed by atoms with Crippen LogP contribution in [0.1, 0.15) is 30.6 Å². The number of nitrogens with two attached hydrogens (primary N) is 1. The molecule has 19 heavy (non-hydrogen) atoms. The number of rotatable bonds is 4. The summed E-state index contributed by atoms with van der Waals surface area (Å²) in [6.07, 6.45) is 2.82. The molecule has 2 rings (SSSR count). The lowest BCUT2D eigenvalue weighted by atomic mass is 10.0. The van der Waals surface area contributed by atoms with Gasteiger partial charge in [-0.3, -0.25) is 4.68 Å². The Morgan fingerprint density at radius 1 is 1.26 bits per heavy atom. The number of halogens is 3. The number of aromatic nitrogens is 2. The molecule has 6 heteroatoms. The first-order valence-corrected chi connectivity index (χ1v) is 8.34. The summed E-state index contributed by atoms with van der Waals surface area (Å²) in [5.41, 5.74) is 8.46. The molecule has 0 aliphatic heterocycles. The van der Waals surface area contributed by atoms with Gasteiger partial charge in [0.1, 0.15) is 0 Å². The molecule has 0 aliphatic carbocycles. The molecule has 1 aromatic carbocycles. The van der Waals surface area contributed by atoms with Gasteiger partial charge in [-0.05, 0) is 46.1 Å². The molecule has 0 saturated heterocycles. The predicted octanol–water partition coefficient (Wildman–Crippen LogP) is 4.63. The monoisotopic (exact) mass is 449 g/mol. The third-order valence-corrected chi connectivity index (χ3v) is 4.68. The molecule has 0 spiro atoms. The third-order valence-electron chi connectivity index (χ3n) is 2.86. The van der Waals surface area contributed by atoms with E-state index in [-0.39, 0.29) is 6.04 Å². The van der Waals surface area contributed by atoms with Crippen molar-refractivity contribution in [3.8, 4) is 0 Å². The normalized spacial score (nSPS) is 12.7. The Bertz CT molecular complexity index is 581. The van der Waals surface area contributed by atoms with Crippen molar-refractivity contribution < 1.29 is 0 Å². The van der Waals surface area contributed by atoms with Crippen LogP contribution in [0, 0.1) is 0 Å². The summed E-state index contributed by atoms with van der Waals surface area (Å²) in [4.78, 5) is 0. The molecule has 0 saturated carbocycles. The lowest BCUT2D eigenvalue weighted by Gasteiger charge is -2.17. The van der Waals surface area contributed by atoms with Crippen LogP contribution in [0.25, 0.3) is 0 Å². The van der Waals surface area contributed by atoms with Crippen LogP contribution >= 0.6 is 47.8 Å². The van der Waals surface area contributed by atoms with Crippen LogP contribution in [0.4, 0.5) is 0 Å². The first-order valence-electron chi connectivity index (χ1n) is 5.96. The molecule has 0 radical (unpaired) electrons. The summed E-state index contributed by atoms with van der Waals surface area (Å²) in [5.74, 6) is 0. The van der Waals surface area contributed by atoms with Crippen molar-refractivity contribution in [2.45, 2.75) is 25.9 Å². The van der Waals surface area contributed by atoms with E-state index in [0.29, 0.717) is 0 Å². The maximum atomic E-state index is 6.42. The molecule has 2 aromatic rings. The zero-order valence-electron chi connectivity index (χ0n) is 10.4. The van der Waals surface area contributed by atoms with Gasteiger partial charge in [-0.2, -0.15) is 5.10 Å². The van der Waals surface area contributed by atoms with Crippen LogP contribution in [-0.4, -0.2) is 9.78 Å². The summed E-state index contributed by atoms with van der Waals surface area (Å²) in [7, 11) is 0. The highest BCUT2D eigenvalue weighted by molar-refractivity contribution is 9.11. The Morgan fingerprint density at radius 3 is 2.68 bits per heavy atom. The highest BCUT2D eigenvalue weighted by Gasteiger charge is 2.20. The van der Waals surface area contributed by atoms with Gasteiger partial charge in [-0.25, -0.2) is 0 Å². The molecule has 3 nitrogen and oxygen atoms in total. The minimum Gasteiger partial charge on any atom is -0.319 e. The van der Waals surface area contributed by atoms with Crippen LogP contribution in [0.5, 0.6) is 0 Å². The van der Waals surface area contributed by atoms with Crippen molar-refractivity contribution in [2.75, 3.05) is 0 Å². The molecule has 0 amide bonds. The quantitative estimate of drug-likeness (QED) is 0.736. The molecule has 1 heterocycles. The summed E-state index contributed by atoms with van der Waals surface area (Å²) < 4.78 is 4.92. The van der Waals surface area contributed by atoms with Crippen molar-refractivity contribution in [3.05, 3.63) is 49.1 Å². The molecule has 1 atom stereocenters. The van der Waals surface area contributed by atoms with Crippen LogP contribution in [0.3, 0.4) is 0 Å². The van der Waals surface area contributed by atoms with Crippen molar-refractivity contribution in [1.82, 2.24) is 9.78 Å². The minimum atomic E-state index is -0.227. The average Bonchev–Trinajstić information content (AvgIpc) is 2.73. The lowest BCUT2D eigenvalue weighted by molar-refractivity contribution is 0.558. The van der Waals surface area contributed by atoms with Crippen molar-refractivity contribution >= 4 is 47.8 Å². The van der Waals surface area contributed by atoms with E-state index in [0.717, 1.165) is 37.6 Å². The second-order valence-corrected chi connectivity index (χ2v) is 6.87. The van der Waals surface area contributed by atoms with E-state index >= 15 is 0 Å². The average molecular weight is 452 g/mol. The molecule has 102 valence electrons. The largest absolute Gasteiger partial charge is 0.319 e. The van der Waals surface area contributed by atoms with Crippen molar-refractivity contribution in [3.63, 3.8) is 0 Å². The number of aryl methyl sites for hydroxylation is 1. The van der Waals surface area contributed by atoms with Gasteiger partial charge in [-0.1, -0.05) is 38.8 Å². The Labute approximate surface area is 137 Å². The number of hydrogen-bond acceptors (Lipinski definition) is 2. The molecule has 0 bridgehead atoms. The second kappa shape index (κ2) is 6.52. The van der Waals surface area contributed by atoms with E-state index in [1.54, 1.807) is 6.20 Å². The topological polar surface area (TPSA) is 43.8 Å². The van der Waals surface area contributed by atoms with E-state index in [2.05, 4.69) is 59.8 Å². The highest BCUT2D eigenvalue weighted by Crippen LogP contribution is 2.32. The van der Waals surface area contributed by atoms with Gasteiger partial charge in [-0.15, -0.1) is 0 Å². The predicted molar refractivity (Wildman–Crippen MR) is 88.1 cm³/mol. The number of benzene rings is 1. The SMILES string of the molecule is CCCn1ncc(Br)c1C(N)c1cc(Br)ccc1Br. The molecule has 0 fully saturated rings. The van der Waals surface area contributed by atoms with Gasteiger partial charge in [0, 0.05) is 15.5 Å².